The summed E-state index contributed by atoms with van der Waals surface area (Å²) in [6.07, 6.45) is 0. The fraction of sp³-hybridized carbons (Fsp3) is 0.500. The summed E-state index contributed by atoms with van der Waals surface area (Å²) < 4.78 is 31.6. The lowest BCUT2D eigenvalue weighted by molar-refractivity contribution is -0.121. The Morgan fingerprint density at radius 3 is 2.36 bits per heavy atom. The van der Waals surface area contributed by atoms with Crippen LogP contribution in [-0.4, -0.2) is 51.5 Å². The van der Waals surface area contributed by atoms with Crippen molar-refractivity contribution in [2.75, 3.05) is 37.9 Å². The fourth-order valence-corrected chi connectivity index (χ4v) is 3.96. The van der Waals surface area contributed by atoms with Gasteiger partial charge in [0.25, 0.3) is 0 Å². The van der Waals surface area contributed by atoms with E-state index in [-0.39, 0.29) is 16.7 Å². The fourth-order valence-electron chi connectivity index (χ4n) is 2.55. The number of carbonyl (C=O) groups is 1. The molecule has 2 aliphatic rings. The van der Waals surface area contributed by atoms with Crippen LogP contribution < -0.4 is 10.4 Å². The first kappa shape index (κ1) is 15.3. The summed E-state index contributed by atoms with van der Waals surface area (Å²) in [5.74, 6) is -0.0956. The molecule has 1 N–H and O–H groups in total. The van der Waals surface area contributed by atoms with Crippen LogP contribution in [0.1, 0.15) is 6.92 Å². The lowest BCUT2D eigenvalue weighted by atomic mass is 10.2. The van der Waals surface area contributed by atoms with Crippen LogP contribution in [0.3, 0.4) is 0 Å². The molecule has 2 aliphatic heterocycles. The molecule has 7 nitrogen and oxygen atoms in total. The summed E-state index contributed by atoms with van der Waals surface area (Å²) in [7, 11) is -3.48. The van der Waals surface area contributed by atoms with Gasteiger partial charge in [0.1, 0.15) is 0 Å². The molecule has 3 rings (SSSR count). The molecular formula is C14H19N3O4S. The van der Waals surface area contributed by atoms with E-state index in [9.17, 15) is 13.2 Å². The third-order valence-electron chi connectivity index (χ3n) is 3.91. The first-order valence-corrected chi connectivity index (χ1v) is 8.68. The van der Waals surface area contributed by atoms with Crippen molar-refractivity contribution < 1.29 is 17.9 Å². The quantitative estimate of drug-likeness (QED) is 0.858. The van der Waals surface area contributed by atoms with Crippen LogP contribution in [0.2, 0.25) is 0 Å². The molecule has 0 aromatic heterocycles. The van der Waals surface area contributed by atoms with Crippen molar-refractivity contribution in [1.82, 2.24) is 9.73 Å². The van der Waals surface area contributed by atoms with E-state index in [1.54, 1.807) is 29.3 Å². The number of benzene rings is 1. The van der Waals surface area contributed by atoms with Crippen LogP contribution in [0.15, 0.2) is 29.2 Å². The van der Waals surface area contributed by atoms with Gasteiger partial charge in [0.2, 0.25) is 15.9 Å². The van der Waals surface area contributed by atoms with Crippen molar-refractivity contribution in [1.29, 1.82) is 0 Å². The predicted octanol–water partition coefficient (Wildman–Crippen LogP) is 0.195. The lowest BCUT2D eigenvalue weighted by Crippen LogP contribution is -2.40. The molecule has 2 fully saturated rings. The highest BCUT2D eigenvalue weighted by Crippen LogP contribution is 2.23. The minimum atomic E-state index is -3.48. The highest BCUT2D eigenvalue weighted by atomic mass is 32.2. The van der Waals surface area contributed by atoms with E-state index < -0.39 is 10.0 Å². The van der Waals surface area contributed by atoms with Crippen molar-refractivity contribution in [3.05, 3.63) is 24.3 Å². The predicted molar refractivity (Wildman–Crippen MR) is 80.7 cm³/mol. The normalized spacial score (nSPS) is 23.6. The summed E-state index contributed by atoms with van der Waals surface area (Å²) in [6, 6.07) is 6.59. The van der Waals surface area contributed by atoms with Gasteiger partial charge in [-0.2, -0.15) is 4.31 Å². The van der Waals surface area contributed by atoms with E-state index in [0.717, 1.165) is 5.69 Å². The number of rotatable bonds is 3. The molecule has 0 unspecified atom stereocenters. The molecule has 2 saturated heterocycles. The molecular weight excluding hydrogens is 306 g/mol. The maximum Gasteiger partial charge on any atom is 0.243 e. The van der Waals surface area contributed by atoms with E-state index in [0.29, 0.717) is 32.8 Å². The number of hydrogen-bond donors (Lipinski definition) is 1. The topological polar surface area (TPSA) is 79.0 Å². The minimum absolute atomic E-state index is 0.0231. The van der Waals surface area contributed by atoms with Crippen molar-refractivity contribution in [2.24, 2.45) is 5.92 Å². The van der Waals surface area contributed by atoms with Gasteiger partial charge in [0.05, 0.1) is 36.3 Å². The van der Waals surface area contributed by atoms with E-state index in [2.05, 4.69) is 5.43 Å². The Bertz CT molecular complexity index is 653. The molecule has 0 saturated carbocycles. The van der Waals surface area contributed by atoms with Crippen LogP contribution in [0.25, 0.3) is 0 Å². The van der Waals surface area contributed by atoms with Crippen LogP contribution in [0.5, 0.6) is 0 Å². The van der Waals surface area contributed by atoms with Crippen molar-refractivity contribution >= 4 is 21.6 Å². The standard InChI is InChI=1S/C14H19N3O4S/c1-11-10-17(15-14(11)18)12-2-4-13(5-3-12)22(19,20)16-6-8-21-9-7-16/h2-5,11H,6-10H2,1H3,(H,15,18)/t11-/m1/s1. The number of nitrogens with one attached hydrogen (secondary N) is 1. The van der Waals surface area contributed by atoms with Gasteiger partial charge in [-0.05, 0) is 24.3 Å². The maximum absolute atomic E-state index is 12.5. The number of anilines is 1. The summed E-state index contributed by atoms with van der Waals surface area (Å²) in [5, 5.41) is 1.73. The monoisotopic (exact) mass is 325 g/mol. The molecule has 0 spiro atoms. The van der Waals surface area contributed by atoms with Crippen LogP contribution in [0.4, 0.5) is 5.69 Å². The zero-order valence-corrected chi connectivity index (χ0v) is 13.2. The Morgan fingerprint density at radius 1 is 1.18 bits per heavy atom. The molecule has 1 aromatic carbocycles. The van der Waals surface area contributed by atoms with Gasteiger partial charge < -0.3 is 4.74 Å². The Hall–Kier alpha value is -1.64. The number of sulfonamides is 1. The lowest BCUT2D eigenvalue weighted by Gasteiger charge is -2.26. The number of carbonyl (C=O) groups excluding carboxylic acids is 1. The van der Waals surface area contributed by atoms with Gasteiger partial charge in [-0.15, -0.1) is 0 Å². The average Bonchev–Trinajstić information content (AvgIpc) is 2.88. The summed E-state index contributed by atoms with van der Waals surface area (Å²) in [6.45, 7) is 4.04. The number of amides is 1. The van der Waals surface area contributed by atoms with Crippen LogP contribution in [0, 0.1) is 5.92 Å². The second-order valence-corrected chi connectivity index (χ2v) is 7.44. The Balaban J connectivity index is 1.78. The third kappa shape index (κ3) is 2.81. The minimum Gasteiger partial charge on any atom is -0.379 e. The second-order valence-electron chi connectivity index (χ2n) is 5.50. The van der Waals surface area contributed by atoms with E-state index in [4.69, 9.17) is 4.74 Å². The molecule has 120 valence electrons. The number of hydrazine groups is 1. The van der Waals surface area contributed by atoms with Crippen molar-refractivity contribution in [3.63, 3.8) is 0 Å². The van der Waals surface area contributed by atoms with Gasteiger partial charge in [0, 0.05) is 13.1 Å². The van der Waals surface area contributed by atoms with Crippen molar-refractivity contribution in [3.8, 4) is 0 Å². The van der Waals surface area contributed by atoms with Gasteiger partial charge in [0.15, 0.2) is 0 Å². The van der Waals surface area contributed by atoms with Crippen LogP contribution in [-0.2, 0) is 19.6 Å². The first-order chi connectivity index (χ1) is 10.5. The number of ether oxygens (including phenoxy) is 1. The van der Waals surface area contributed by atoms with Gasteiger partial charge in [-0.1, -0.05) is 6.92 Å². The zero-order valence-electron chi connectivity index (χ0n) is 12.4. The second kappa shape index (κ2) is 5.86. The van der Waals surface area contributed by atoms with Gasteiger partial charge in [-0.3, -0.25) is 15.2 Å². The molecule has 0 radical (unpaired) electrons. The van der Waals surface area contributed by atoms with E-state index in [1.807, 2.05) is 6.92 Å². The SMILES string of the molecule is C[C@@H]1CN(c2ccc(S(=O)(=O)N3CCOCC3)cc2)NC1=O. The smallest absolute Gasteiger partial charge is 0.243 e. The highest BCUT2D eigenvalue weighted by Gasteiger charge is 2.28. The number of hydrogen-bond acceptors (Lipinski definition) is 5. The molecule has 1 aromatic rings. The molecule has 8 heteroatoms. The molecule has 0 aliphatic carbocycles. The molecule has 22 heavy (non-hydrogen) atoms. The Kier molecular flexibility index (Phi) is 4.07. The zero-order chi connectivity index (χ0) is 15.7. The number of nitrogens with zero attached hydrogens (tertiary/aromatic N) is 2. The Labute approximate surface area is 129 Å². The largest absolute Gasteiger partial charge is 0.379 e. The average molecular weight is 325 g/mol. The molecule has 2 heterocycles. The molecule has 1 amide bonds. The molecule has 1 atom stereocenters. The third-order valence-corrected chi connectivity index (χ3v) is 5.82. The summed E-state index contributed by atoms with van der Waals surface area (Å²) in [5.41, 5.74) is 3.54. The van der Waals surface area contributed by atoms with Crippen molar-refractivity contribution in [2.45, 2.75) is 11.8 Å². The van der Waals surface area contributed by atoms with E-state index in [1.165, 1.54) is 4.31 Å². The first-order valence-electron chi connectivity index (χ1n) is 7.24. The van der Waals surface area contributed by atoms with Crippen LogP contribution >= 0.6 is 0 Å². The van der Waals surface area contributed by atoms with Gasteiger partial charge in [-0.25, -0.2) is 8.42 Å². The van der Waals surface area contributed by atoms with E-state index >= 15 is 0 Å². The van der Waals surface area contributed by atoms with Gasteiger partial charge >= 0.3 is 0 Å². The number of morpholine rings is 1. The summed E-state index contributed by atoms with van der Waals surface area (Å²) >= 11 is 0. The Morgan fingerprint density at radius 2 is 1.82 bits per heavy atom. The highest BCUT2D eigenvalue weighted by molar-refractivity contribution is 7.89. The maximum atomic E-state index is 12.5. The molecule has 0 bridgehead atoms. The summed E-state index contributed by atoms with van der Waals surface area (Å²) in [4.78, 5) is 11.8.